The fourth-order valence-electron chi connectivity index (χ4n) is 1.53. The molecule has 130 valence electrons. The molecule has 24 heavy (non-hydrogen) atoms. The first kappa shape index (κ1) is 19.0. The Balaban J connectivity index is 2.13. The quantitative estimate of drug-likeness (QED) is 0.175. The van der Waals surface area contributed by atoms with Crippen LogP contribution in [-0.4, -0.2) is 43.1 Å². The highest BCUT2D eigenvalue weighted by Crippen LogP contribution is 2.36. The summed E-state index contributed by atoms with van der Waals surface area (Å²) >= 11 is 3.89. The highest BCUT2D eigenvalue weighted by Gasteiger charge is 2.23. The fourth-order valence-corrected chi connectivity index (χ4v) is 3.76. The molecule has 0 saturated heterocycles. The van der Waals surface area contributed by atoms with E-state index in [2.05, 4.69) is 30.9 Å². The number of rotatable bonds is 6. The predicted octanol–water partition coefficient (Wildman–Crippen LogP) is 2.46. The molecular formula is C11H11BrFN4O5PS. The Morgan fingerprint density at radius 2 is 2.17 bits per heavy atom. The molecule has 0 fully saturated rings. The highest BCUT2D eigenvalue weighted by molar-refractivity contribution is 9.10. The zero-order valence-electron chi connectivity index (χ0n) is 11.8. The third-order valence-electron chi connectivity index (χ3n) is 2.66. The standard InChI is InChI=1S/C11H11BrFN4O5PS/c12-7-5-6(1-2-8(7)13)17(18)10(14)9-11(16-22-15-9)24-4-3-23(19,20)21/h1-2,5,14,18H,3-4H2,(H2,19,20,21). The molecule has 9 nitrogen and oxygen atoms in total. The lowest BCUT2D eigenvalue weighted by Crippen LogP contribution is -2.28. The van der Waals surface area contributed by atoms with Crippen molar-refractivity contribution in [2.45, 2.75) is 5.03 Å². The van der Waals surface area contributed by atoms with Crippen molar-refractivity contribution in [3.63, 3.8) is 0 Å². The van der Waals surface area contributed by atoms with Gasteiger partial charge in [-0.2, -0.15) is 0 Å². The molecule has 0 unspecified atom stereocenters. The van der Waals surface area contributed by atoms with Gasteiger partial charge < -0.3 is 9.79 Å². The first-order valence-corrected chi connectivity index (χ1v) is 9.79. The van der Waals surface area contributed by atoms with Gasteiger partial charge >= 0.3 is 7.60 Å². The van der Waals surface area contributed by atoms with Gasteiger partial charge in [0.15, 0.2) is 16.6 Å². The molecule has 0 amide bonds. The van der Waals surface area contributed by atoms with Crippen LogP contribution in [0.2, 0.25) is 0 Å². The fraction of sp³-hybridized carbons (Fsp3) is 0.182. The smallest absolute Gasteiger partial charge is 0.324 e. The first-order valence-electron chi connectivity index (χ1n) is 6.22. The number of nitrogens with one attached hydrogen (secondary N) is 1. The van der Waals surface area contributed by atoms with E-state index < -0.39 is 19.2 Å². The number of hydrogen-bond acceptors (Lipinski definition) is 7. The second kappa shape index (κ2) is 7.72. The molecule has 2 aromatic rings. The third-order valence-corrected chi connectivity index (χ3v) is 5.33. The van der Waals surface area contributed by atoms with Crippen LogP contribution in [0.5, 0.6) is 0 Å². The summed E-state index contributed by atoms with van der Waals surface area (Å²) in [6, 6.07) is 3.62. The van der Waals surface area contributed by atoms with Crippen molar-refractivity contribution in [2.24, 2.45) is 0 Å². The van der Waals surface area contributed by atoms with Crippen LogP contribution >= 0.6 is 35.3 Å². The number of anilines is 1. The van der Waals surface area contributed by atoms with E-state index >= 15 is 0 Å². The van der Waals surface area contributed by atoms with E-state index in [9.17, 15) is 14.2 Å². The number of hydroxylamine groups is 1. The molecule has 1 heterocycles. The van der Waals surface area contributed by atoms with Crippen molar-refractivity contribution in [1.82, 2.24) is 10.3 Å². The van der Waals surface area contributed by atoms with E-state index in [4.69, 9.17) is 15.2 Å². The second-order valence-corrected chi connectivity index (χ2v) is 8.13. The minimum Gasteiger partial charge on any atom is -0.324 e. The molecule has 2 rings (SSSR count). The average Bonchev–Trinajstić information content (AvgIpc) is 2.95. The number of aromatic nitrogens is 2. The van der Waals surface area contributed by atoms with Gasteiger partial charge in [0.1, 0.15) is 5.82 Å². The van der Waals surface area contributed by atoms with E-state index in [0.29, 0.717) is 5.06 Å². The first-order chi connectivity index (χ1) is 11.2. The number of thioether (sulfide) groups is 1. The molecule has 0 bridgehead atoms. The maximum absolute atomic E-state index is 13.2. The van der Waals surface area contributed by atoms with Crippen LogP contribution in [0.25, 0.3) is 0 Å². The topological polar surface area (TPSA) is 144 Å². The number of benzene rings is 1. The van der Waals surface area contributed by atoms with Crippen LogP contribution in [-0.2, 0) is 4.57 Å². The van der Waals surface area contributed by atoms with Crippen molar-refractivity contribution in [3.8, 4) is 0 Å². The van der Waals surface area contributed by atoms with E-state index in [1.165, 1.54) is 12.1 Å². The molecular weight excluding hydrogens is 430 g/mol. The van der Waals surface area contributed by atoms with E-state index in [-0.39, 0.29) is 32.8 Å². The Labute approximate surface area is 147 Å². The summed E-state index contributed by atoms with van der Waals surface area (Å²) < 4.78 is 28.7. The molecule has 13 heteroatoms. The van der Waals surface area contributed by atoms with E-state index in [0.717, 1.165) is 17.8 Å². The van der Waals surface area contributed by atoms with Crippen molar-refractivity contribution in [3.05, 3.63) is 34.2 Å². The Hall–Kier alpha value is -1.30. The Kier molecular flexibility index (Phi) is 6.12. The van der Waals surface area contributed by atoms with Crippen molar-refractivity contribution in [2.75, 3.05) is 17.0 Å². The molecule has 1 aromatic carbocycles. The van der Waals surface area contributed by atoms with Crippen LogP contribution in [0.15, 0.2) is 32.3 Å². The molecule has 4 N–H and O–H groups in total. The number of halogens is 2. The van der Waals surface area contributed by atoms with Gasteiger partial charge in [0.05, 0.1) is 16.3 Å². The van der Waals surface area contributed by atoms with Gasteiger partial charge in [0.2, 0.25) is 0 Å². The van der Waals surface area contributed by atoms with Crippen LogP contribution in [0, 0.1) is 11.2 Å². The molecule has 1 aromatic heterocycles. The lowest BCUT2D eigenvalue weighted by Gasteiger charge is -2.16. The summed E-state index contributed by atoms with van der Waals surface area (Å²) in [5.41, 5.74) is -0.0175. The van der Waals surface area contributed by atoms with E-state index in [1.807, 2.05) is 0 Å². The number of hydrogen-bond donors (Lipinski definition) is 4. The Morgan fingerprint density at radius 3 is 2.79 bits per heavy atom. The third kappa shape index (κ3) is 4.85. The minimum atomic E-state index is -4.15. The summed E-state index contributed by atoms with van der Waals surface area (Å²) in [7, 11) is -4.15. The van der Waals surface area contributed by atoms with Crippen LogP contribution in [0.4, 0.5) is 10.1 Å². The molecule has 0 aliphatic carbocycles. The number of amidine groups is 1. The zero-order valence-corrected chi connectivity index (χ0v) is 15.1. The second-order valence-electron chi connectivity index (χ2n) is 4.41. The molecule has 0 aliphatic heterocycles. The lowest BCUT2D eigenvalue weighted by atomic mass is 10.3. The maximum Gasteiger partial charge on any atom is 0.326 e. The Bertz CT molecular complexity index is 800. The minimum absolute atomic E-state index is 0.0201. The summed E-state index contributed by atoms with van der Waals surface area (Å²) in [6.07, 6.45) is -0.384. The van der Waals surface area contributed by atoms with Gasteiger partial charge in [-0.1, -0.05) is 11.8 Å². The van der Waals surface area contributed by atoms with Gasteiger partial charge in [0, 0.05) is 5.75 Å². The largest absolute Gasteiger partial charge is 0.326 e. The van der Waals surface area contributed by atoms with Gasteiger partial charge in [-0.15, -0.1) is 0 Å². The van der Waals surface area contributed by atoms with Crippen LogP contribution in [0.3, 0.4) is 0 Å². The summed E-state index contributed by atoms with van der Waals surface area (Å²) in [5, 5.41) is 25.6. The summed E-state index contributed by atoms with van der Waals surface area (Å²) in [4.78, 5) is 17.6. The van der Waals surface area contributed by atoms with Gasteiger partial charge in [-0.25, -0.2) is 14.1 Å². The average molecular weight is 441 g/mol. The monoisotopic (exact) mass is 440 g/mol. The van der Waals surface area contributed by atoms with Crippen LogP contribution in [0.1, 0.15) is 5.69 Å². The highest BCUT2D eigenvalue weighted by atomic mass is 79.9. The summed E-state index contributed by atoms with van der Waals surface area (Å²) in [5.74, 6) is -1.00. The summed E-state index contributed by atoms with van der Waals surface area (Å²) in [6.45, 7) is 0. The molecule has 0 saturated carbocycles. The Morgan fingerprint density at radius 1 is 1.46 bits per heavy atom. The lowest BCUT2D eigenvalue weighted by molar-refractivity contribution is 0.295. The van der Waals surface area contributed by atoms with Crippen molar-refractivity contribution in [1.29, 1.82) is 5.41 Å². The van der Waals surface area contributed by atoms with Crippen molar-refractivity contribution < 1.29 is 28.6 Å². The van der Waals surface area contributed by atoms with Crippen molar-refractivity contribution >= 4 is 46.8 Å². The van der Waals surface area contributed by atoms with Crippen LogP contribution < -0.4 is 5.06 Å². The maximum atomic E-state index is 13.2. The molecule has 0 radical (unpaired) electrons. The molecule has 0 atom stereocenters. The predicted molar refractivity (Wildman–Crippen MR) is 87.1 cm³/mol. The number of nitrogens with zero attached hydrogens (tertiary/aromatic N) is 3. The normalized spacial score (nSPS) is 11.5. The van der Waals surface area contributed by atoms with E-state index in [1.54, 1.807) is 0 Å². The molecule has 0 spiro atoms. The molecule has 0 aliphatic rings. The SMILES string of the molecule is N=C(c1nonc1SCCP(=O)(O)O)N(O)c1ccc(F)c(Br)c1. The van der Waals surface area contributed by atoms with Gasteiger partial charge in [-0.3, -0.25) is 15.2 Å². The van der Waals surface area contributed by atoms with Gasteiger partial charge in [-0.05, 0) is 44.4 Å². The zero-order chi connectivity index (χ0) is 17.9. The van der Waals surface area contributed by atoms with Gasteiger partial charge in [0.25, 0.3) is 0 Å².